The number of ketones is 1. The number of hydrogen-bond donors (Lipinski definition) is 1. The Morgan fingerprint density at radius 2 is 2.04 bits per heavy atom. The summed E-state index contributed by atoms with van der Waals surface area (Å²) in [5.74, 6) is -0.696. The largest absolute Gasteiger partial charge is 0.480 e. The average molecular weight is 314 g/mol. The van der Waals surface area contributed by atoms with E-state index in [2.05, 4.69) is 0 Å². The van der Waals surface area contributed by atoms with Crippen LogP contribution in [0.1, 0.15) is 36.0 Å². The number of aryl methyl sites for hydroxylation is 1. The van der Waals surface area contributed by atoms with E-state index >= 15 is 0 Å². The standard InChI is InChI=1S/C18H22N2O3/c1-19-12-14(13-6-2-3-7-15(13)19)17(21)9-11-20-10-5-4-8-16(20)18(22)23/h2-3,6-7,12,16H,4-5,8-11H2,1H3,(H,22,23). The Morgan fingerprint density at radius 1 is 1.26 bits per heavy atom. The first-order valence-corrected chi connectivity index (χ1v) is 8.12. The van der Waals surface area contributed by atoms with Crippen molar-refractivity contribution >= 4 is 22.7 Å². The van der Waals surface area contributed by atoms with Gasteiger partial charge in [0.05, 0.1) is 0 Å². The number of benzene rings is 1. The van der Waals surface area contributed by atoms with Gasteiger partial charge < -0.3 is 9.67 Å². The predicted octanol–water partition coefficient (Wildman–Crippen LogP) is 2.69. The highest BCUT2D eigenvalue weighted by atomic mass is 16.4. The molecule has 1 aromatic carbocycles. The molecule has 1 unspecified atom stereocenters. The van der Waals surface area contributed by atoms with Gasteiger partial charge in [0.2, 0.25) is 0 Å². The first-order valence-electron chi connectivity index (χ1n) is 8.12. The Morgan fingerprint density at radius 3 is 2.83 bits per heavy atom. The van der Waals surface area contributed by atoms with Gasteiger partial charge in [-0.1, -0.05) is 24.6 Å². The Hall–Kier alpha value is -2.14. The Kier molecular flexibility index (Phi) is 4.48. The molecule has 0 radical (unpaired) electrons. The van der Waals surface area contributed by atoms with Crippen LogP contribution in [0.3, 0.4) is 0 Å². The molecule has 5 nitrogen and oxygen atoms in total. The van der Waals surface area contributed by atoms with Crippen molar-refractivity contribution in [2.75, 3.05) is 13.1 Å². The van der Waals surface area contributed by atoms with Crippen LogP contribution in [-0.4, -0.2) is 45.5 Å². The lowest BCUT2D eigenvalue weighted by Gasteiger charge is -2.32. The summed E-state index contributed by atoms with van der Waals surface area (Å²) < 4.78 is 1.96. The van der Waals surface area contributed by atoms with Crippen LogP contribution in [0.15, 0.2) is 30.5 Å². The van der Waals surface area contributed by atoms with Crippen LogP contribution in [0.4, 0.5) is 0 Å². The van der Waals surface area contributed by atoms with E-state index in [0.717, 1.165) is 35.9 Å². The molecule has 0 bridgehead atoms. The number of aliphatic carboxylic acids is 1. The maximum Gasteiger partial charge on any atom is 0.320 e. The summed E-state index contributed by atoms with van der Waals surface area (Å²) in [7, 11) is 1.93. The molecule has 0 spiro atoms. The number of piperidine rings is 1. The number of carbonyl (C=O) groups is 2. The quantitative estimate of drug-likeness (QED) is 0.862. The molecule has 1 aliphatic heterocycles. The molecule has 1 aliphatic rings. The number of fused-ring (bicyclic) bond motifs is 1. The smallest absolute Gasteiger partial charge is 0.320 e. The number of rotatable bonds is 5. The highest BCUT2D eigenvalue weighted by Crippen LogP contribution is 2.23. The van der Waals surface area contributed by atoms with Crippen LogP contribution in [-0.2, 0) is 11.8 Å². The Labute approximate surface area is 135 Å². The van der Waals surface area contributed by atoms with Crippen molar-refractivity contribution in [3.8, 4) is 0 Å². The number of aromatic nitrogens is 1. The topological polar surface area (TPSA) is 62.5 Å². The summed E-state index contributed by atoms with van der Waals surface area (Å²) in [6.07, 6.45) is 4.87. The van der Waals surface area contributed by atoms with Crippen molar-refractivity contribution < 1.29 is 14.7 Å². The third-order valence-corrected chi connectivity index (χ3v) is 4.72. The summed E-state index contributed by atoms with van der Waals surface area (Å²) in [4.78, 5) is 25.9. The van der Waals surface area contributed by atoms with Gasteiger partial charge in [-0.25, -0.2) is 0 Å². The van der Waals surface area contributed by atoms with Crippen molar-refractivity contribution in [2.45, 2.75) is 31.7 Å². The minimum absolute atomic E-state index is 0.0801. The molecule has 5 heteroatoms. The monoisotopic (exact) mass is 314 g/mol. The van der Waals surface area contributed by atoms with Gasteiger partial charge in [0.1, 0.15) is 6.04 Å². The number of carboxylic acids is 1. The van der Waals surface area contributed by atoms with Crippen LogP contribution >= 0.6 is 0 Å². The highest BCUT2D eigenvalue weighted by molar-refractivity contribution is 6.08. The van der Waals surface area contributed by atoms with E-state index in [0.29, 0.717) is 19.4 Å². The molecule has 0 amide bonds. The zero-order valence-electron chi connectivity index (χ0n) is 13.4. The van der Waals surface area contributed by atoms with Gasteiger partial charge in [-0.05, 0) is 25.5 Å². The number of carboxylic acid groups (broad SMARTS) is 1. The van der Waals surface area contributed by atoms with Gasteiger partial charge in [0.25, 0.3) is 0 Å². The third kappa shape index (κ3) is 3.15. The first-order chi connectivity index (χ1) is 11.1. The molecule has 1 saturated heterocycles. The van der Waals surface area contributed by atoms with Crippen molar-refractivity contribution in [1.82, 2.24) is 9.47 Å². The number of carbonyl (C=O) groups excluding carboxylic acids is 1. The first kappa shape index (κ1) is 15.7. The minimum atomic E-state index is -0.776. The lowest BCUT2D eigenvalue weighted by Crippen LogP contribution is -2.45. The summed E-state index contributed by atoms with van der Waals surface area (Å²) >= 11 is 0. The molecule has 23 heavy (non-hydrogen) atoms. The van der Waals surface area contributed by atoms with Gasteiger partial charge in [-0.3, -0.25) is 14.5 Å². The summed E-state index contributed by atoms with van der Waals surface area (Å²) in [6.45, 7) is 1.28. The number of para-hydroxylation sites is 1. The van der Waals surface area contributed by atoms with E-state index < -0.39 is 12.0 Å². The summed E-state index contributed by atoms with van der Waals surface area (Å²) in [5, 5.41) is 10.3. The predicted molar refractivity (Wildman–Crippen MR) is 88.7 cm³/mol. The van der Waals surface area contributed by atoms with Gasteiger partial charge in [-0.15, -0.1) is 0 Å². The number of likely N-dealkylation sites (tertiary alicyclic amines) is 1. The maximum absolute atomic E-state index is 12.6. The summed E-state index contributed by atoms with van der Waals surface area (Å²) in [5.41, 5.74) is 1.77. The van der Waals surface area contributed by atoms with Gasteiger partial charge in [0, 0.05) is 42.7 Å². The van der Waals surface area contributed by atoms with Crippen LogP contribution in [0, 0.1) is 0 Å². The van der Waals surface area contributed by atoms with E-state index in [1.54, 1.807) is 0 Å². The molecule has 0 aliphatic carbocycles. The average Bonchev–Trinajstić information content (AvgIpc) is 2.90. The van der Waals surface area contributed by atoms with E-state index in [-0.39, 0.29) is 5.78 Å². The highest BCUT2D eigenvalue weighted by Gasteiger charge is 2.28. The molecule has 1 aromatic heterocycles. The Bertz CT molecular complexity index is 735. The molecule has 2 heterocycles. The van der Waals surface area contributed by atoms with Crippen molar-refractivity contribution in [3.63, 3.8) is 0 Å². The van der Waals surface area contributed by atoms with Crippen LogP contribution < -0.4 is 0 Å². The maximum atomic E-state index is 12.6. The van der Waals surface area contributed by atoms with E-state index in [9.17, 15) is 14.7 Å². The Balaban J connectivity index is 1.72. The number of hydrogen-bond acceptors (Lipinski definition) is 3. The fourth-order valence-electron chi connectivity index (χ4n) is 3.48. The zero-order chi connectivity index (χ0) is 16.4. The molecule has 122 valence electrons. The second-order valence-electron chi connectivity index (χ2n) is 6.23. The number of Topliss-reactive ketones (excluding diaryl/α,β-unsaturated/α-hetero) is 1. The van der Waals surface area contributed by atoms with Crippen LogP contribution in [0.2, 0.25) is 0 Å². The lowest BCUT2D eigenvalue weighted by molar-refractivity contribution is -0.144. The molecular weight excluding hydrogens is 292 g/mol. The SMILES string of the molecule is Cn1cc(C(=O)CCN2CCCCC2C(=O)O)c2ccccc21. The zero-order valence-corrected chi connectivity index (χ0v) is 13.4. The van der Waals surface area contributed by atoms with E-state index in [4.69, 9.17) is 0 Å². The van der Waals surface area contributed by atoms with Crippen molar-refractivity contribution in [1.29, 1.82) is 0 Å². The fourth-order valence-corrected chi connectivity index (χ4v) is 3.48. The molecular formula is C18H22N2O3. The van der Waals surface area contributed by atoms with Crippen molar-refractivity contribution in [2.24, 2.45) is 7.05 Å². The normalized spacial score (nSPS) is 19.1. The molecule has 0 saturated carbocycles. The second kappa shape index (κ2) is 6.54. The van der Waals surface area contributed by atoms with Gasteiger partial charge in [0.15, 0.2) is 5.78 Å². The van der Waals surface area contributed by atoms with Gasteiger partial charge >= 0.3 is 5.97 Å². The molecule has 1 atom stereocenters. The van der Waals surface area contributed by atoms with Crippen LogP contribution in [0.25, 0.3) is 10.9 Å². The van der Waals surface area contributed by atoms with E-state index in [1.807, 2.05) is 47.0 Å². The van der Waals surface area contributed by atoms with Gasteiger partial charge in [-0.2, -0.15) is 0 Å². The van der Waals surface area contributed by atoms with E-state index in [1.165, 1.54) is 0 Å². The molecule has 1 N–H and O–H groups in total. The fraction of sp³-hybridized carbons (Fsp3) is 0.444. The third-order valence-electron chi connectivity index (χ3n) is 4.72. The van der Waals surface area contributed by atoms with Crippen molar-refractivity contribution in [3.05, 3.63) is 36.0 Å². The summed E-state index contributed by atoms with van der Waals surface area (Å²) in [6, 6.07) is 7.41. The molecule has 3 rings (SSSR count). The molecule has 1 fully saturated rings. The lowest BCUT2D eigenvalue weighted by atomic mass is 10.0. The van der Waals surface area contributed by atoms with Crippen LogP contribution in [0.5, 0.6) is 0 Å². The second-order valence-corrected chi connectivity index (χ2v) is 6.23. The minimum Gasteiger partial charge on any atom is -0.480 e. The number of nitrogens with zero attached hydrogens (tertiary/aromatic N) is 2. The molecule has 2 aromatic rings.